The maximum atomic E-state index is 12.4. The van der Waals surface area contributed by atoms with Gasteiger partial charge in [0.2, 0.25) is 0 Å². The Morgan fingerprint density at radius 2 is 1.90 bits per heavy atom. The van der Waals surface area contributed by atoms with Gasteiger partial charge in [-0.05, 0) is 13.0 Å². The van der Waals surface area contributed by atoms with E-state index in [1.54, 1.807) is 6.92 Å². The fourth-order valence-corrected chi connectivity index (χ4v) is 2.80. The summed E-state index contributed by atoms with van der Waals surface area (Å²) in [6, 6.07) is 2.50. The molecule has 0 aliphatic carbocycles. The number of nitrogens with two attached hydrogens (primary N) is 1. The minimum absolute atomic E-state index is 0.0943. The number of methoxy groups -OCH3 is 2. The molecule has 0 spiro atoms. The van der Waals surface area contributed by atoms with Gasteiger partial charge in [0, 0.05) is 6.07 Å². The van der Waals surface area contributed by atoms with Crippen LogP contribution in [0.2, 0.25) is 0 Å². The molecule has 0 fully saturated rings. The third-order valence-electron chi connectivity index (χ3n) is 2.65. The lowest BCUT2D eigenvalue weighted by Crippen LogP contribution is -2.15. The van der Waals surface area contributed by atoms with Crippen LogP contribution in [0.25, 0.3) is 0 Å². The standard InChI is InChI=1S/C12H15N3O5S/c1-7-6-20-12(14-7)15-21(16,17)11-4-8(13)9(18-2)5-10(11)19-3/h4-6H,13H2,1-3H3,(H,14,15). The summed E-state index contributed by atoms with van der Waals surface area (Å²) in [6.07, 6.45) is 1.33. The Hall–Kier alpha value is -2.42. The van der Waals surface area contributed by atoms with Crippen molar-refractivity contribution in [1.82, 2.24) is 4.98 Å². The van der Waals surface area contributed by atoms with Crippen LogP contribution in [-0.4, -0.2) is 27.6 Å². The molecule has 2 aromatic rings. The van der Waals surface area contributed by atoms with Crippen molar-refractivity contribution in [3.63, 3.8) is 0 Å². The van der Waals surface area contributed by atoms with E-state index in [-0.39, 0.29) is 22.3 Å². The molecule has 0 radical (unpaired) electrons. The van der Waals surface area contributed by atoms with Gasteiger partial charge in [0.15, 0.2) is 0 Å². The molecule has 21 heavy (non-hydrogen) atoms. The van der Waals surface area contributed by atoms with Crippen molar-refractivity contribution < 1.29 is 22.3 Å². The summed E-state index contributed by atoms with van der Waals surface area (Å²) in [6.45, 7) is 1.67. The average molecular weight is 313 g/mol. The van der Waals surface area contributed by atoms with Crippen molar-refractivity contribution in [2.75, 3.05) is 24.7 Å². The molecule has 0 atom stereocenters. The Labute approximate surface area is 121 Å². The smallest absolute Gasteiger partial charge is 0.309 e. The molecule has 1 aromatic carbocycles. The molecule has 3 N–H and O–H groups in total. The third kappa shape index (κ3) is 3.02. The minimum Gasteiger partial charge on any atom is -0.495 e. The summed E-state index contributed by atoms with van der Waals surface area (Å²) in [5.41, 5.74) is 6.46. The predicted molar refractivity (Wildman–Crippen MR) is 76.0 cm³/mol. The summed E-state index contributed by atoms with van der Waals surface area (Å²) in [4.78, 5) is 3.74. The first-order valence-electron chi connectivity index (χ1n) is 5.84. The van der Waals surface area contributed by atoms with Crippen LogP contribution in [0.15, 0.2) is 27.7 Å². The highest BCUT2D eigenvalue weighted by atomic mass is 32.2. The molecule has 9 heteroatoms. The zero-order valence-electron chi connectivity index (χ0n) is 11.7. The van der Waals surface area contributed by atoms with Crippen LogP contribution in [-0.2, 0) is 10.0 Å². The van der Waals surface area contributed by atoms with Crippen LogP contribution in [0.5, 0.6) is 11.5 Å². The zero-order chi connectivity index (χ0) is 15.6. The summed E-state index contributed by atoms with van der Waals surface area (Å²) in [5, 5.41) is 0. The SMILES string of the molecule is COc1cc(OC)c(S(=O)(=O)Nc2nc(C)co2)cc1N. The van der Waals surface area contributed by atoms with Gasteiger partial charge in [0.05, 0.1) is 25.6 Å². The van der Waals surface area contributed by atoms with E-state index in [2.05, 4.69) is 9.71 Å². The largest absolute Gasteiger partial charge is 0.495 e. The lowest BCUT2D eigenvalue weighted by Gasteiger charge is -2.13. The highest BCUT2D eigenvalue weighted by Gasteiger charge is 2.23. The predicted octanol–water partition coefficient (Wildman–Crippen LogP) is 1.38. The number of anilines is 2. The van der Waals surface area contributed by atoms with E-state index in [1.807, 2.05) is 0 Å². The molecule has 0 saturated heterocycles. The summed E-state index contributed by atoms with van der Waals surface area (Å²) in [5.74, 6) is 0.412. The van der Waals surface area contributed by atoms with Gasteiger partial charge in [-0.25, -0.2) is 13.1 Å². The van der Waals surface area contributed by atoms with E-state index in [1.165, 1.54) is 32.6 Å². The van der Waals surface area contributed by atoms with Crippen molar-refractivity contribution >= 4 is 21.7 Å². The number of hydrogen-bond acceptors (Lipinski definition) is 7. The van der Waals surface area contributed by atoms with E-state index in [9.17, 15) is 8.42 Å². The molecule has 8 nitrogen and oxygen atoms in total. The number of rotatable bonds is 5. The summed E-state index contributed by atoms with van der Waals surface area (Å²) in [7, 11) is -1.19. The number of aryl methyl sites for hydroxylation is 1. The Morgan fingerprint density at radius 3 is 2.43 bits per heavy atom. The minimum atomic E-state index is -3.96. The second-order valence-electron chi connectivity index (χ2n) is 4.14. The number of benzene rings is 1. The second-order valence-corrected chi connectivity index (χ2v) is 5.80. The Balaban J connectivity index is 2.46. The number of nitrogen functional groups attached to an aromatic ring is 1. The van der Waals surface area contributed by atoms with E-state index < -0.39 is 10.0 Å². The fourth-order valence-electron chi connectivity index (χ4n) is 1.67. The number of oxazole rings is 1. The molecule has 0 unspecified atom stereocenters. The number of aromatic nitrogens is 1. The van der Waals surface area contributed by atoms with Gasteiger partial charge in [-0.15, -0.1) is 0 Å². The third-order valence-corrected chi connectivity index (χ3v) is 3.99. The first-order chi connectivity index (χ1) is 9.87. The molecule has 114 valence electrons. The van der Waals surface area contributed by atoms with Gasteiger partial charge in [-0.2, -0.15) is 4.98 Å². The zero-order valence-corrected chi connectivity index (χ0v) is 12.5. The number of ether oxygens (including phenoxy) is 2. The quantitative estimate of drug-likeness (QED) is 0.801. The number of nitrogens with zero attached hydrogens (tertiary/aromatic N) is 1. The molecule has 0 aliphatic rings. The van der Waals surface area contributed by atoms with Crippen molar-refractivity contribution in [2.24, 2.45) is 0 Å². The van der Waals surface area contributed by atoms with Crippen LogP contribution < -0.4 is 19.9 Å². The molecule has 0 aliphatic heterocycles. The van der Waals surface area contributed by atoms with Crippen molar-refractivity contribution in [1.29, 1.82) is 0 Å². The molecule has 1 heterocycles. The lowest BCUT2D eigenvalue weighted by atomic mass is 10.3. The highest BCUT2D eigenvalue weighted by molar-refractivity contribution is 7.92. The summed E-state index contributed by atoms with van der Waals surface area (Å²) >= 11 is 0. The number of nitrogens with one attached hydrogen (secondary N) is 1. The van der Waals surface area contributed by atoms with Gasteiger partial charge >= 0.3 is 6.01 Å². The molecule has 1 aromatic heterocycles. The van der Waals surface area contributed by atoms with Crippen LogP contribution in [0, 0.1) is 6.92 Å². The summed E-state index contributed by atoms with van der Waals surface area (Å²) < 4.78 is 42.0. The first kappa shape index (κ1) is 15.0. The molecule has 2 rings (SSSR count). The highest BCUT2D eigenvalue weighted by Crippen LogP contribution is 2.34. The Kier molecular flexibility index (Phi) is 3.94. The average Bonchev–Trinajstić information content (AvgIpc) is 2.83. The number of hydrogen-bond donors (Lipinski definition) is 2. The van der Waals surface area contributed by atoms with Gasteiger partial charge in [-0.3, -0.25) is 0 Å². The van der Waals surface area contributed by atoms with E-state index in [0.29, 0.717) is 11.4 Å². The lowest BCUT2D eigenvalue weighted by molar-refractivity contribution is 0.387. The first-order valence-corrected chi connectivity index (χ1v) is 7.32. The molecular weight excluding hydrogens is 298 g/mol. The molecule has 0 saturated carbocycles. The Bertz CT molecular complexity index is 754. The van der Waals surface area contributed by atoms with Crippen LogP contribution in [0.4, 0.5) is 11.7 Å². The normalized spacial score (nSPS) is 11.2. The van der Waals surface area contributed by atoms with Gasteiger partial charge in [0.1, 0.15) is 22.7 Å². The van der Waals surface area contributed by atoms with E-state index >= 15 is 0 Å². The van der Waals surface area contributed by atoms with Gasteiger partial charge in [0.25, 0.3) is 10.0 Å². The van der Waals surface area contributed by atoms with Crippen molar-refractivity contribution in [2.45, 2.75) is 11.8 Å². The fraction of sp³-hybridized carbons (Fsp3) is 0.250. The molecular formula is C12H15N3O5S. The van der Waals surface area contributed by atoms with E-state index in [4.69, 9.17) is 19.6 Å². The Morgan fingerprint density at radius 1 is 1.24 bits per heavy atom. The number of sulfonamides is 1. The van der Waals surface area contributed by atoms with Crippen molar-refractivity contribution in [3.05, 3.63) is 24.1 Å². The second kappa shape index (κ2) is 5.52. The van der Waals surface area contributed by atoms with Crippen LogP contribution >= 0.6 is 0 Å². The monoisotopic (exact) mass is 313 g/mol. The van der Waals surface area contributed by atoms with Crippen LogP contribution in [0.3, 0.4) is 0 Å². The maximum absolute atomic E-state index is 12.4. The topological polar surface area (TPSA) is 117 Å². The maximum Gasteiger partial charge on any atom is 0.309 e. The van der Waals surface area contributed by atoms with E-state index in [0.717, 1.165) is 0 Å². The van der Waals surface area contributed by atoms with Crippen molar-refractivity contribution in [3.8, 4) is 11.5 Å². The molecule has 0 amide bonds. The van der Waals surface area contributed by atoms with Gasteiger partial charge < -0.3 is 19.6 Å². The van der Waals surface area contributed by atoms with Crippen LogP contribution in [0.1, 0.15) is 5.69 Å². The van der Waals surface area contributed by atoms with Gasteiger partial charge in [-0.1, -0.05) is 0 Å². The molecule has 0 bridgehead atoms.